The first-order valence-corrected chi connectivity index (χ1v) is 7.20. The van der Waals surface area contributed by atoms with Crippen molar-refractivity contribution in [1.29, 1.82) is 0 Å². The van der Waals surface area contributed by atoms with Gasteiger partial charge in [-0.25, -0.2) is 4.79 Å². The van der Waals surface area contributed by atoms with Crippen LogP contribution in [-0.2, 0) is 10.3 Å². The van der Waals surface area contributed by atoms with Crippen LogP contribution < -0.4 is 0 Å². The third-order valence-electron chi connectivity index (χ3n) is 4.07. The second-order valence-corrected chi connectivity index (χ2v) is 5.92. The molecule has 4 heteroatoms. The summed E-state index contributed by atoms with van der Waals surface area (Å²) in [5.74, 6) is -0.883. The zero-order chi connectivity index (χ0) is 13.0. The Morgan fingerprint density at radius 1 is 1.32 bits per heavy atom. The number of benzene rings is 1. The third-order valence-corrected chi connectivity index (χ3v) is 5.02. The summed E-state index contributed by atoms with van der Waals surface area (Å²) in [5.41, 5.74) is 3.33. The van der Waals surface area contributed by atoms with Gasteiger partial charge < -0.3 is 9.84 Å². The van der Waals surface area contributed by atoms with Gasteiger partial charge in [0.25, 0.3) is 0 Å². The molecule has 96 valence electrons. The summed E-state index contributed by atoms with van der Waals surface area (Å²) in [6, 6.07) is 7.50. The first-order chi connectivity index (χ1) is 9.22. The molecule has 0 saturated carbocycles. The lowest BCUT2D eigenvalue weighted by molar-refractivity contribution is 0.0398. The number of rotatable bonds is 1. The van der Waals surface area contributed by atoms with E-state index < -0.39 is 11.6 Å². The fourth-order valence-corrected chi connectivity index (χ4v) is 4.26. The molecule has 2 aromatic rings. The maximum atomic E-state index is 11.2. The molecule has 1 aliphatic carbocycles. The zero-order valence-corrected chi connectivity index (χ0v) is 11.0. The van der Waals surface area contributed by atoms with Crippen LogP contribution in [0.3, 0.4) is 0 Å². The van der Waals surface area contributed by atoms with Gasteiger partial charge in [-0.1, -0.05) is 6.07 Å². The number of carboxylic acid groups (broad SMARTS) is 1. The first kappa shape index (κ1) is 11.2. The van der Waals surface area contributed by atoms with Gasteiger partial charge in [0, 0.05) is 17.0 Å². The molecule has 4 rings (SSSR count). The number of hydrogen-bond donors (Lipinski definition) is 1. The third kappa shape index (κ3) is 1.33. The molecule has 1 aliphatic heterocycles. The highest BCUT2D eigenvalue weighted by molar-refractivity contribution is 7.13. The molecule has 1 atom stereocenters. The number of aromatic carboxylic acids is 1. The largest absolute Gasteiger partial charge is 0.478 e. The highest BCUT2D eigenvalue weighted by Crippen LogP contribution is 2.56. The van der Waals surface area contributed by atoms with E-state index in [1.807, 2.05) is 6.07 Å². The quantitative estimate of drug-likeness (QED) is 0.864. The average molecular weight is 272 g/mol. The van der Waals surface area contributed by atoms with Crippen molar-refractivity contribution in [2.24, 2.45) is 0 Å². The number of carbonyl (C=O) groups is 1. The monoisotopic (exact) mass is 272 g/mol. The Morgan fingerprint density at radius 2 is 2.21 bits per heavy atom. The van der Waals surface area contributed by atoms with Gasteiger partial charge >= 0.3 is 5.97 Å². The molecule has 1 spiro atoms. The Labute approximate surface area is 114 Å². The Bertz CT molecular complexity index is 680. The Balaban J connectivity index is 2.01. The van der Waals surface area contributed by atoms with Gasteiger partial charge in [0.15, 0.2) is 0 Å². The standard InChI is InChI=1S/C15H12O3S/c16-14(17)9-2-3-10-12(8-9)15(5-1-6-18-15)11-4-7-19-13(10)11/h2-4,7-8H,1,5-6H2,(H,16,17). The van der Waals surface area contributed by atoms with Crippen LogP contribution in [0.5, 0.6) is 0 Å². The molecule has 19 heavy (non-hydrogen) atoms. The van der Waals surface area contributed by atoms with Crippen LogP contribution >= 0.6 is 11.3 Å². The molecular weight excluding hydrogens is 260 g/mol. The van der Waals surface area contributed by atoms with Crippen LogP contribution in [0, 0.1) is 0 Å². The fraction of sp³-hybridized carbons (Fsp3) is 0.267. The van der Waals surface area contributed by atoms with Crippen LogP contribution in [0.1, 0.15) is 34.3 Å². The van der Waals surface area contributed by atoms with Crippen molar-refractivity contribution < 1.29 is 14.6 Å². The van der Waals surface area contributed by atoms with Crippen LogP contribution in [0.25, 0.3) is 10.4 Å². The van der Waals surface area contributed by atoms with Crippen LogP contribution in [0.4, 0.5) is 0 Å². The van der Waals surface area contributed by atoms with Crippen molar-refractivity contribution in [3.8, 4) is 10.4 Å². The highest BCUT2D eigenvalue weighted by atomic mass is 32.1. The predicted molar refractivity (Wildman–Crippen MR) is 72.7 cm³/mol. The zero-order valence-electron chi connectivity index (χ0n) is 10.2. The summed E-state index contributed by atoms with van der Waals surface area (Å²) in [7, 11) is 0. The van der Waals surface area contributed by atoms with Gasteiger partial charge in [-0.15, -0.1) is 11.3 Å². The molecular formula is C15H12O3S. The molecule has 1 unspecified atom stereocenters. The lowest BCUT2D eigenvalue weighted by Crippen LogP contribution is -2.23. The molecule has 1 fully saturated rings. The van der Waals surface area contributed by atoms with E-state index >= 15 is 0 Å². The van der Waals surface area contributed by atoms with E-state index in [2.05, 4.69) is 11.4 Å². The van der Waals surface area contributed by atoms with Crippen molar-refractivity contribution in [2.75, 3.05) is 6.61 Å². The summed E-state index contributed by atoms with van der Waals surface area (Å²) in [6.07, 6.45) is 1.96. The maximum absolute atomic E-state index is 11.2. The molecule has 1 saturated heterocycles. The Morgan fingerprint density at radius 3 is 2.95 bits per heavy atom. The fourth-order valence-electron chi connectivity index (χ4n) is 3.25. The van der Waals surface area contributed by atoms with E-state index in [0.29, 0.717) is 5.56 Å². The molecule has 1 aromatic heterocycles. The summed E-state index contributed by atoms with van der Waals surface area (Å²) in [5, 5.41) is 11.3. The van der Waals surface area contributed by atoms with Crippen molar-refractivity contribution in [3.63, 3.8) is 0 Å². The second-order valence-electron chi connectivity index (χ2n) is 5.01. The van der Waals surface area contributed by atoms with Gasteiger partial charge in [0.05, 0.1) is 5.56 Å². The normalized spacial score (nSPS) is 23.6. The first-order valence-electron chi connectivity index (χ1n) is 6.32. The van der Waals surface area contributed by atoms with Crippen molar-refractivity contribution in [3.05, 3.63) is 46.3 Å². The maximum Gasteiger partial charge on any atom is 0.335 e. The second kappa shape index (κ2) is 3.68. The van der Waals surface area contributed by atoms with E-state index in [-0.39, 0.29) is 0 Å². The molecule has 1 N–H and O–H groups in total. The van der Waals surface area contributed by atoms with E-state index in [0.717, 1.165) is 30.6 Å². The lowest BCUT2D eigenvalue weighted by Gasteiger charge is -2.25. The molecule has 0 amide bonds. The summed E-state index contributed by atoms with van der Waals surface area (Å²) in [4.78, 5) is 12.4. The minimum absolute atomic E-state index is 0.337. The van der Waals surface area contributed by atoms with Crippen LogP contribution in [0.15, 0.2) is 29.6 Å². The minimum Gasteiger partial charge on any atom is -0.478 e. The van der Waals surface area contributed by atoms with Crippen molar-refractivity contribution >= 4 is 17.3 Å². The predicted octanol–water partition coefficient (Wildman–Crippen LogP) is 3.48. The number of fused-ring (bicyclic) bond motifs is 5. The summed E-state index contributed by atoms with van der Waals surface area (Å²) >= 11 is 1.70. The smallest absolute Gasteiger partial charge is 0.335 e. The van der Waals surface area contributed by atoms with Gasteiger partial charge in [-0.3, -0.25) is 0 Å². The number of thiophene rings is 1. The lowest BCUT2D eigenvalue weighted by atomic mass is 9.88. The van der Waals surface area contributed by atoms with E-state index in [1.165, 1.54) is 10.4 Å². The van der Waals surface area contributed by atoms with E-state index in [9.17, 15) is 9.90 Å². The molecule has 3 nitrogen and oxygen atoms in total. The van der Waals surface area contributed by atoms with Crippen molar-refractivity contribution in [1.82, 2.24) is 0 Å². The summed E-state index contributed by atoms with van der Waals surface area (Å²) in [6.45, 7) is 0.742. The topological polar surface area (TPSA) is 46.5 Å². The molecule has 2 aliphatic rings. The van der Waals surface area contributed by atoms with E-state index in [1.54, 1.807) is 23.5 Å². The van der Waals surface area contributed by atoms with Crippen LogP contribution in [0.2, 0.25) is 0 Å². The summed E-state index contributed by atoms with van der Waals surface area (Å²) < 4.78 is 6.06. The van der Waals surface area contributed by atoms with Gasteiger partial charge in [-0.2, -0.15) is 0 Å². The van der Waals surface area contributed by atoms with Crippen molar-refractivity contribution in [2.45, 2.75) is 18.4 Å². The van der Waals surface area contributed by atoms with Crippen LogP contribution in [-0.4, -0.2) is 17.7 Å². The minimum atomic E-state index is -0.883. The molecule has 0 bridgehead atoms. The average Bonchev–Trinajstić information content (AvgIpc) is 3.11. The Kier molecular flexibility index (Phi) is 2.17. The highest BCUT2D eigenvalue weighted by Gasteiger charge is 2.47. The molecule has 0 radical (unpaired) electrons. The SMILES string of the molecule is O=C(O)c1ccc2c(c1)C1(CCCO1)c1ccsc1-2. The number of carboxylic acids is 1. The van der Waals surface area contributed by atoms with Gasteiger partial charge in [0.2, 0.25) is 0 Å². The van der Waals surface area contributed by atoms with E-state index in [4.69, 9.17) is 4.74 Å². The molecule has 1 aromatic carbocycles. The number of ether oxygens (including phenoxy) is 1. The van der Waals surface area contributed by atoms with Gasteiger partial charge in [-0.05, 0) is 47.5 Å². The molecule has 2 heterocycles. The number of hydrogen-bond acceptors (Lipinski definition) is 3. The Hall–Kier alpha value is -1.65. The van der Waals surface area contributed by atoms with Gasteiger partial charge in [0.1, 0.15) is 5.60 Å².